The summed E-state index contributed by atoms with van der Waals surface area (Å²) in [5.74, 6) is -0.730. The van der Waals surface area contributed by atoms with E-state index < -0.39 is 25.8 Å². The van der Waals surface area contributed by atoms with Crippen LogP contribution in [0.15, 0.2) is 24.4 Å². The molecular weight excluding hydrogens is 460 g/mol. The lowest BCUT2D eigenvalue weighted by atomic mass is 10.2. The first-order valence-electron chi connectivity index (χ1n) is 10.1. The minimum absolute atomic E-state index is 0.177. The van der Waals surface area contributed by atoms with Crippen molar-refractivity contribution in [2.45, 2.75) is 32.7 Å². The second-order valence-electron chi connectivity index (χ2n) is 7.73. The van der Waals surface area contributed by atoms with E-state index in [4.69, 9.17) is 14.5 Å². The monoisotopic (exact) mass is 483 g/mol. The number of amides is 2. The number of carbonyl (C=O) groups excluding carboxylic acids is 2. The van der Waals surface area contributed by atoms with Gasteiger partial charge in [-0.2, -0.15) is 5.10 Å². The zero-order valence-corrected chi connectivity index (χ0v) is 18.6. The van der Waals surface area contributed by atoms with Gasteiger partial charge in [0, 0.05) is 25.2 Å². The Morgan fingerprint density at radius 3 is 2.85 bits per heavy atom. The topological polar surface area (TPSA) is 146 Å². The summed E-state index contributed by atoms with van der Waals surface area (Å²) in [6, 6.07) is 4.50. The Labute approximate surface area is 188 Å². The highest BCUT2D eigenvalue weighted by Gasteiger charge is 2.33. The lowest BCUT2D eigenvalue weighted by molar-refractivity contribution is -0.119. The summed E-state index contributed by atoms with van der Waals surface area (Å²) in [7, 11) is -4.52. The maximum Gasteiger partial charge on any atom is 0.469 e. The average Bonchev–Trinajstić information content (AvgIpc) is 3.38. The number of nitrogens with one attached hydrogen (secondary N) is 1. The van der Waals surface area contributed by atoms with Crippen LogP contribution in [0.25, 0.3) is 0 Å². The number of halogens is 1. The van der Waals surface area contributed by atoms with Crippen molar-refractivity contribution in [3.05, 3.63) is 41.5 Å². The zero-order chi connectivity index (χ0) is 23.8. The first kappa shape index (κ1) is 23.2. The molecule has 0 radical (unpaired) electrons. The molecule has 1 saturated heterocycles. The molecule has 1 aromatic carbocycles. The van der Waals surface area contributed by atoms with E-state index in [0.717, 1.165) is 11.3 Å². The standard InChI is InChI=1S/C19H23FN5O7P/c1-12(26)21-7-15-10-25(19(27)32-15)14-2-3-18(16(20)6-14)23-8-13-9-24(22-17(13)11-23)4-5-31-33(28,29)30/h2-3,6,9,15H,4-5,7-8,10-11H2,1H3,(H,21,26)(H2,28,29,30). The van der Waals surface area contributed by atoms with Crippen LogP contribution < -0.4 is 15.1 Å². The van der Waals surface area contributed by atoms with Crippen LogP contribution in [0.2, 0.25) is 0 Å². The predicted molar refractivity (Wildman–Crippen MR) is 113 cm³/mol. The van der Waals surface area contributed by atoms with Crippen LogP contribution in [-0.4, -0.2) is 57.4 Å². The van der Waals surface area contributed by atoms with Crippen molar-refractivity contribution in [2.75, 3.05) is 29.5 Å². The van der Waals surface area contributed by atoms with E-state index in [1.54, 1.807) is 23.2 Å². The molecule has 1 aromatic heterocycles. The van der Waals surface area contributed by atoms with Crippen molar-refractivity contribution in [3.63, 3.8) is 0 Å². The SMILES string of the molecule is CC(=O)NCC1CN(c2ccc(N3Cc4cn(CCOP(=O)(O)O)nc4C3)c(F)c2)C(=O)O1. The normalized spacial score (nSPS) is 17.9. The second kappa shape index (κ2) is 9.10. The molecule has 12 nitrogen and oxygen atoms in total. The number of phosphoric acid groups is 1. The quantitative estimate of drug-likeness (QED) is 0.470. The fourth-order valence-electron chi connectivity index (χ4n) is 3.76. The molecule has 0 spiro atoms. The van der Waals surface area contributed by atoms with Crippen LogP contribution in [0.1, 0.15) is 18.2 Å². The third-order valence-corrected chi connectivity index (χ3v) is 5.76. The van der Waals surface area contributed by atoms with E-state index in [1.807, 2.05) is 0 Å². The number of anilines is 2. The Bertz CT molecular complexity index is 1100. The molecule has 2 aliphatic heterocycles. The number of carbonyl (C=O) groups is 2. The minimum Gasteiger partial charge on any atom is -0.442 e. The molecule has 33 heavy (non-hydrogen) atoms. The molecule has 178 valence electrons. The third kappa shape index (κ3) is 5.50. The average molecular weight is 483 g/mol. The van der Waals surface area contributed by atoms with Gasteiger partial charge < -0.3 is 24.7 Å². The van der Waals surface area contributed by atoms with Gasteiger partial charge in [0.15, 0.2) is 0 Å². The molecular formula is C19H23FN5O7P. The number of ether oxygens (including phenoxy) is 1. The van der Waals surface area contributed by atoms with Gasteiger partial charge in [0.1, 0.15) is 11.9 Å². The van der Waals surface area contributed by atoms with Gasteiger partial charge in [-0.1, -0.05) is 0 Å². The van der Waals surface area contributed by atoms with Crippen molar-refractivity contribution >= 4 is 31.2 Å². The number of nitrogens with zero attached hydrogens (tertiary/aromatic N) is 4. The maximum atomic E-state index is 14.9. The summed E-state index contributed by atoms with van der Waals surface area (Å²) >= 11 is 0. The molecule has 2 aliphatic rings. The zero-order valence-electron chi connectivity index (χ0n) is 17.7. The number of phosphoric ester groups is 1. The van der Waals surface area contributed by atoms with Gasteiger partial charge in [-0.3, -0.25) is 18.9 Å². The number of aromatic nitrogens is 2. The molecule has 0 aliphatic carbocycles. The highest BCUT2D eigenvalue weighted by molar-refractivity contribution is 7.46. The second-order valence-corrected chi connectivity index (χ2v) is 8.97. The lowest BCUT2D eigenvalue weighted by Crippen LogP contribution is -2.33. The summed E-state index contributed by atoms with van der Waals surface area (Å²) in [4.78, 5) is 43.8. The van der Waals surface area contributed by atoms with E-state index in [-0.39, 0.29) is 32.1 Å². The van der Waals surface area contributed by atoms with Gasteiger partial charge >= 0.3 is 13.9 Å². The maximum absolute atomic E-state index is 14.9. The number of cyclic esters (lactones) is 1. The minimum atomic E-state index is -4.52. The van der Waals surface area contributed by atoms with Gasteiger partial charge in [0.25, 0.3) is 0 Å². The molecule has 4 rings (SSSR count). The number of benzene rings is 1. The molecule has 1 atom stereocenters. The summed E-state index contributed by atoms with van der Waals surface area (Å²) in [6.07, 6.45) is 0.623. The lowest BCUT2D eigenvalue weighted by Gasteiger charge is -2.21. The van der Waals surface area contributed by atoms with Crippen molar-refractivity contribution < 1.29 is 37.6 Å². The smallest absolute Gasteiger partial charge is 0.442 e. The van der Waals surface area contributed by atoms with Gasteiger partial charge in [-0.15, -0.1) is 0 Å². The predicted octanol–water partition coefficient (Wildman–Crippen LogP) is 1.11. The molecule has 0 saturated carbocycles. The first-order valence-corrected chi connectivity index (χ1v) is 11.6. The molecule has 1 unspecified atom stereocenters. The van der Waals surface area contributed by atoms with Crippen molar-refractivity contribution in [1.29, 1.82) is 0 Å². The summed E-state index contributed by atoms with van der Waals surface area (Å²) in [5.41, 5.74) is 2.33. The fraction of sp³-hybridized carbons (Fsp3) is 0.421. The number of fused-ring (bicyclic) bond motifs is 1. The van der Waals surface area contributed by atoms with Crippen LogP contribution in [0, 0.1) is 5.82 Å². The first-order chi connectivity index (χ1) is 15.6. The van der Waals surface area contributed by atoms with E-state index in [1.165, 1.54) is 22.6 Å². The van der Waals surface area contributed by atoms with Crippen LogP contribution in [0.4, 0.5) is 20.6 Å². The summed E-state index contributed by atoms with van der Waals surface area (Å²) in [5, 5.41) is 6.96. The summed E-state index contributed by atoms with van der Waals surface area (Å²) < 4.78 is 36.8. The van der Waals surface area contributed by atoms with Gasteiger partial charge in [-0.25, -0.2) is 13.8 Å². The largest absolute Gasteiger partial charge is 0.469 e. The molecule has 3 heterocycles. The van der Waals surface area contributed by atoms with Crippen LogP contribution in [0.5, 0.6) is 0 Å². The van der Waals surface area contributed by atoms with Crippen molar-refractivity contribution in [1.82, 2.24) is 15.1 Å². The highest BCUT2D eigenvalue weighted by Crippen LogP contribution is 2.36. The van der Waals surface area contributed by atoms with Gasteiger partial charge in [0.2, 0.25) is 5.91 Å². The molecule has 14 heteroatoms. The Balaban J connectivity index is 1.37. The summed E-state index contributed by atoms with van der Waals surface area (Å²) in [6.45, 7) is 2.52. The van der Waals surface area contributed by atoms with E-state index in [0.29, 0.717) is 24.5 Å². The number of hydrogen-bond acceptors (Lipinski definition) is 7. The van der Waals surface area contributed by atoms with Crippen LogP contribution in [-0.2, 0) is 38.3 Å². The number of rotatable bonds is 8. The fourth-order valence-corrected chi connectivity index (χ4v) is 4.08. The van der Waals surface area contributed by atoms with Crippen molar-refractivity contribution in [2.24, 2.45) is 0 Å². The van der Waals surface area contributed by atoms with Gasteiger partial charge in [0.05, 0.1) is 49.9 Å². The molecule has 2 amide bonds. The van der Waals surface area contributed by atoms with Gasteiger partial charge in [-0.05, 0) is 18.2 Å². The number of hydrogen-bond donors (Lipinski definition) is 3. The third-order valence-electron chi connectivity index (χ3n) is 5.24. The Morgan fingerprint density at radius 1 is 1.39 bits per heavy atom. The molecule has 3 N–H and O–H groups in total. The highest BCUT2D eigenvalue weighted by atomic mass is 31.2. The Morgan fingerprint density at radius 2 is 2.18 bits per heavy atom. The Hall–Kier alpha value is -2.99. The van der Waals surface area contributed by atoms with E-state index in [9.17, 15) is 18.5 Å². The van der Waals surface area contributed by atoms with Crippen LogP contribution in [0.3, 0.4) is 0 Å². The van der Waals surface area contributed by atoms with Crippen molar-refractivity contribution in [3.8, 4) is 0 Å². The van der Waals surface area contributed by atoms with E-state index >= 15 is 0 Å². The molecule has 2 aromatic rings. The Kier molecular flexibility index (Phi) is 6.39. The molecule has 1 fully saturated rings. The van der Waals surface area contributed by atoms with Crippen LogP contribution >= 0.6 is 7.82 Å². The molecule has 0 bridgehead atoms. The van der Waals surface area contributed by atoms with E-state index in [2.05, 4.69) is 14.9 Å².